The topological polar surface area (TPSA) is 78.4 Å². The van der Waals surface area contributed by atoms with Gasteiger partial charge in [-0.05, 0) is 38.5 Å². The van der Waals surface area contributed by atoms with Crippen molar-refractivity contribution < 1.29 is 13.7 Å². The first-order chi connectivity index (χ1) is 10.0. The molecule has 0 fully saturated rings. The fraction of sp³-hybridized carbons (Fsp3) is 0.267. The molecular weight excluding hydrogens is 272 g/mol. The lowest BCUT2D eigenvalue weighted by atomic mass is 10.0. The molecule has 0 N–H and O–H groups in total. The molecule has 0 amide bonds. The fourth-order valence-corrected chi connectivity index (χ4v) is 2.26. The number of aryl methyl sites for hydroxylation is 2. The quantitative estimate of drug-likeness (QED) is 0.674. The number of methoxy groups -OCH3 is 1. The molecule has 1 aromatic carbocycles. The molecule has 6 heteroatoms. The maximum atomic E-state index is 11.8. The summed E-state index contributed by atoms with van der Waals surface area (Å²) in [7, 11) is 1.57. The van der Waals surface area contributed by atoms with Crippen LogP contribution in [-0.4, -0.2) is 17.3 Å². The third-order valence-electron chi connectivity index (χ3n) is 3.51. The Hall–Kier alpha value is -2.63. The van der Waals surface area contributed by atoms with Gasteiger partial charge < -0.3 is 13.7 Å². The minimum atomic E-state index is -0.360. The van der Waals surface area contributed by atoms with Crippen LogP contribution in [0.3, 0.4) is 0 Å². The van der Waals surface area contributed by atoms with E-state index in [0.717, 1.165) is 10.9 Å². The van der Waals surface area contributed by atoms with Crippen molar-refractivity contribution in [2.75, 3.05) is 7.11 Å². The van der Waals surface area contributed by atoms with E-state index in [1.807, 2.05) is 6.92 Å². The molecule has 0 aliphatic carbocycles. The number of nitrogens with zero attached hydrogens (tertiary/aromatic N) is 2. The van der Waals surface area contributed by atoms with Gasteiger partial charge in [0, 0.05) is 11.1 Å². The van der Waals surface area contributed by atoms with Crippen LogP contribution in [0.2, 0.25) is 0 Å². The van der Waals surface area contributed by atoms with E-state index in [-0.39, 0.29) is 5.63 Å². The molecule has 0 saturated carbocycles. The highest BCUT2D eigenvalue weighted by Gasteiger charge is 2.16. The molecule has 0 aliphatic rings. The summed E-state index contributed by atoms with van der Waals surface area (Å²) in [6.45, 7) is 5.34. The third-order valence-corrected chi connectivity index (χ3v) is 3.51. The number of ether oxygens (including phenoxy) is 1. The van der Waals surface area contributed by atoms with Gasteiger partial charge in [-0.2, -0.15) is 4.98 Å². The van der Waals surface area contributed by atoms with Crippen LogP contribution in [0.25, 0.3) is 22.4 Å². The van der Waals surface area contributed by atoms with E-state index in [4.69, 9.17) is 13.7 Å². The Kier molecular flexibility index (Phi) is 3.01. The first-order valence-electron chi connectivity index (χ1n) is 6.44. The van der Waals surface area contributed by atoms with E-state index in [2.05, 4.69) is 10.1 Å². The second kappa shape index (κ2) is 4.73. The number of benzene rings is 1. The average molecular weight is 286 g/mol. The number of aromatic nitrogens is 2. The van der Waals surface area contributed by atoms with Crippen LogP contribution < -0.4 is 10.4 Å². The van der Waals surface area contributed by atoms with Gasteiger partial charge in [0.25, 0.3) is 5.89 Å². The zero-order valence-corrected chi connectivity index (χ0v) is 12.2. The first kappa shape index (κ1) is 13.4. The van der Waals surface area contributed by atoms with E-state index in [0.29, 0.717) is 34.2 Å². The molecular formula is C15H14N2O4. The van der Waals surface area contributed by atoms with Crippen molar-refractivity contribution in [2.45, 2.75) is 20.8 Å². The molecule has 6 nitrogen and oxygen atoms in total. The van der Waals surface area contributed by atoms with Crippen LogP contribution in [0.5, 0.6) is 5.75 Å². The van der Waals surface area contributed by atoms with Crippen LogP contribution in [0, 0.1) is 20.8 Å². The fourth-order valence-electron chi connectivity index (χ4n) is 2.26. The van der Waals surface area contributed by atoms with E-state index in [9.17, 15) is 4.79 Å². The zero-order chi connectivity index (χ0) is 15.1. The summed E-state index contributed by atoms with van der Waals surface area (Å²) in [5, 5.41) is 4.53. The highest BCUT2D eigenvalue weighted by Crippen LogP contribution is 2.34. The standard InChI is InChI=1S/C15H14N2O4/c1-7-8(2)15(18)20-12-6-10(5-11(19-4)13(7)12)14-16-9(3)17-21-14/h5-6H,1-4H3. The lowest BCUT2D eigenvalue weighted by molar-refractivity contribution is 0.415. The number of fused-ring (bicyclic) bond motifs is 1. The molecule has 0 radical (unpaired) electrons. The lowest BCUT2D eigenvalue weighted by Crippen LogP contribution is -2.06. The van der Waals surface area contributed by atoms with Crippen molar-refractivity contribution >= 4 is 11.0 Å². The number of hydrogen-bond donors (Lipinski definition) is 0. The molecule has 108 valence electrons. The minimum Gasteiger partial charge on any atom is -0.496 e. The van der Waals surface area contributed by atoms with Crippen LogP contribution in [0.15, 0.2) is 25.9 Å². The van der Waals surface area contributed by atoms with Gasteiger partial charge in [0.15, 0.2) is 5.82 Å². The van der Waals surface area contributed by atoms with E-state index in [1.165, 1.54) is 0 Å². The van der Waals surface area contributed by atoms with Crippen LogP contribution in [0.1, 0.15) is 17.0 Å². The molecule has 2 heterocycles. The number of rotatable bonds is 2. The van der Waals surface area contributed by atoms with Gasteiger partial charge >= 0.3 is 5.63 Å². The highest BCUT2D eigenvalue weighted by atomic mass is 16.5. The smallest absolute Gasteiger partial charge is 0.339 e. The summed E-state index contributed by atoms with van der Waals surface area (Å²) >= 11 is 0. The predicted octanol–water partition coefficient (Wildman–Crippen LogP) is 2.78. The third kappa shape index (κ3) is 2.08. The van der Waals surface area contributed by atoms with Crippen molar-refractivity contribution in [3.63, 3.8) is 0 Å². The van der Waals surface area contributed by atoms with Crippen LogP contribution >= 0.6 is 0 Å². The first-order valence-corrected chi connectivity index (χ1v) is 6.44. The summed E-state index contributed by atoms with van der Waals surface area (Å²) in [6.07, 6.45) is 0. The van der Waals surface area contributed by atoms with Gasteiger partial charge in [0.05, 0.1) is 12.5 Å². The molecule has 3 aromatic rings. The maximum Gasteiger partial charge on any atom is 0.339 e. The van der Waals surface area contributed by atoms with Gasteiger partial charge in [0.2, 0.25) is 0 Å². The van der Waals surface area contributed by atoms with Crippen molar-refractivity contribution in [2.24, 2.45) is 0 Å². The minimum absolute atomic E-state index is 0.355. The van der Waals surface area contributed by atoms with Gasteiger partial charge in [-0.3, -0.25) is 0 Å². The molecule has 2 aromatic heterocycles. The molecule has 0 aliphatic heterocycles. The Morgan fingerprint density at radius 2 is 1.90 bits per heavy atom. The van der Waals surface area contributed by atoms with Crippen LogP contribution in [0.4, 0.5) is 0 Å². The lowest BCUT2D eigenvalue weighted by Gasteiger charge is -2.10. The largest absolute Gasteiger partial charge is 0.496 e. The van der Waals surface area contributed by atoms with Gasteiger partial charge in [-0.1, -0.05) is 5.16 Å². The van der Waals surface area contributed by atoms with E-state index < -0.39 is 0 Å². The zero-order valence-electron chi connectivity index (χ0n) is 12.2. The van der Waals surface area contributed by atoms with Crippen molar-refractivity contribution in [3.8, 4) is 17.2 Å². The Morgan fingerprint density at radius 3 is 2.52 bits per heavy atom. The summed E-state index contributed by atoms with van der Waals surface area (Å²) in [6, 6.07) is 3.50. The highest BCUT2D eigenvalue weighted by molar-refractivity contribution is 5.90. The van der Waals surface area contributed by atoms with Gasteiger partial charge in [-0.15, -0.1) is 0 Å². The molecule has 21 heavy (non-hydrogen) atoms. The normalized spacial score (nSPS) is 11.0. The maximum absolute atomic E-state index is 11.8. The predicted molar refractivity (Wildman–Crippen MR) is 76.5 cm³/mol. The SMILES string of the molecule is COc1cc(-c2nc(C)no2)cc2oc(=O)c(C)c(C)c12. The molecule has 0 unspecified atom stereocenters. The number of hydrogen-bond acceptors (Lipinski definition) is 6. The van der Waals surface area contributed by atoms with Gasteiger partial charge in [-0.25, -0.2) is 4.79 Å². The molecule has 0 atom stereocenters. The second-order valence-corrected chi connectivity index (χ2v) is 4.84. The Labute approximate surface area is 120 Å². The van der Waals surface area contributed by atoms with E-state index >= 15 is 0 Å². The molecule has 0 saturated heterocycles. The molecule has 0 spiro atoms. The Balaban J connectivity index is 2.37. The Morgan fingerprint density at radius 1 is 1.14 bits per heavy atom. The van der Waals surface area contributed by atoms with Crippen molar-refractivity contribution in [1.29, 1.82) is 0 Å². The van der Waals surface area contributed by atoms with Crippen molar-refractivity contribution in [1.82, 2.24) is 10.1 Å². The Bertz CT molecular complexity index is 893. The van der Waals surface area contributed by atoms with Crippen LogP contribution in [-0.2, 0) is 0 Å². The summed E-state index contributed by atoms with van der Waals surface area (Å²) in [4.78, 5) is 16.0. The monoisotopic (exact) mass is 286 g/mol. The molecule has 0 bridgehead atoms. The average Bonchev–Trinajstić information content (AvgIpc) is 2.90. The van der Waals surface area contributed by atoms with E-state index in [1.54, 1.807) is 33.1 Å². The second-order valence-electron chi connectivity index (χ2n) is 4.84. The summed E-state index contributed by atoms with van der Waals surface area (Å²) in [5.74, 6) is 1.49. The van der Waals surface area contributed by atoms with Crippen molar-refractivity contribution in [3.05, 3.63) is 39.5 Å². The van der Waals surface area contributed by atoms with Gasteiger partial charge in [0.1, 0.15) is 11.3 Å². The summed E-state index contributed by atoms with van der Waals surface area (Å²) in [5.41, 5.74) is 2.13. The molecule has 3 rings (SSSR count). The summed E-state index contributed by atoms with van der Waals surface area (Å²) < 4.78 is 15.9.